The number of rotatable bonds is 10. The highest BCUT2D eigenvalue weighted by Gasteiger charge is 2.29. The second-order valence-electron chi connectivity index (χ2n) is 7.12. The highest BCUT2D eigenvalue weighted by atomic mass is 16.5. The zero-order chi connectivity index (χ0) is 18.3. The molecule has 0 unspecified atom stereocenters. The molecule has 0 bridgehead atoms. The predicted molar refractivity (Wildman–Crippen MR) is 96.0 cm³/mol. The number of ketones is 1. The summed E-state index contributed by atoms with van der Waals surface area (Å²) in [6, 6.07) is 7.75. The van der Waals surface area contributed by atoms with Gasteiger partial charge in [0.25, 0.3) is 0 Å². The zero-order valence-corrected chi connectivity index (χ0v) is 15.8. The van der Waals surface area contributed by atoms with Gasteiger partial charge < -0.3 is 14.6 Å². The van der Waals surface area contributed by atoms with E-state index >= 15 is 0 Å². The number of aliphatic hydroxyl groups is 1. The second-order valence-corrected chi connectivity index (χ2v) is 7.12. The standard InChI is InChI=1S/C20H32O4/c1-13(2)18(21)11-19(22)15(5)20(14(3)4)24-12-16-7-9-17(23-6)10-8-16/h7-10,13-15,19-20,22H,11-12H2,1-6H3/t15-,19-,20-/m1/s1. The molecule has 0 aromatic heterocycles. The molecule has 0 aliphatic heterocycles. The van der Waals surface area contributed by atoms with Crippen LogP contribution in [0.2, 0.25) is 0 Å². The van der Waals surface area contributed by atoms with Gasteiger partial charge in [0, 0.05) is 18.3 Å². The average molecular weight is 336 g/mol. The van der Waals surface area contributed by atoms with Gasteiger partial charge in [-0.2, -0.15) is 0 Å². The van der Waals surface area contributed by atoms with E-state index in [1.807, 2.05) is 45.0 Å². The fourth-order valence-corrected chi connectivity index (χ4v) is 2.71. The van der Waals surface area contributed by atoms with Gasteiger partial charge in [-0.3, -0.25) is 4.79 Å². The van der Waals surface area contributed by atoms with E-state index in [2.05, 4.69) is 13.8 Å². The molecule has 0 radical (unpaired) electrons. The summed E-state index contributed by atoms with van der Waals surface area (Å²) in [6.07, 6.45) is -0.598. The van der Waals surface area contributed by atoms with Gasteiger partial charge in [-0.25, -0.2) is 0 Å². The van der Waals surface area contributed by atoms with Crippen molar-refractivity contribution >= 4 is 5.78 Å². The number of hydrogen-bond acceptors (Lipinski definition) is 4. The first-order chi connectivity index (χ1) is 11.3. The lowest BCUT2D eigenvalue weighted by molar-refractivity contribution is -0.126. The Morgan fingerprint density at radius 2 is 1.67 bits per heavy atom. The Kier molecular flexibility index (Phi) is 8.43. The van der Waals surface area contributed by atoms with E-state index in [1.165, 1.54) is 0 Å². The molecule has 1 aromatic rings. The molecule has 0 spiro atoms. The molecule has 136 valence electrons. The van der Waals surface area contributed by atoms with E-state index in [0.717, 1.165) is 11.3 Å². The third-order valence-electron chi connectivity index (χ3n) is 4.44. The topological polar surface area (TPSA) is 55.8 Å². The summed E-state index contributed by atoms with van der Waals surface area (Å²) in [4.78, 5) is 11.9. The second kappa shape index (κ2) is 9.80. The van der Waals surface area contributed by atoms with Crippen molar-refractivity contribution in [2.24, 2.45) is 17.8 Å². The van der Waals surface area contributed by atoms with Gasteiger partial charge in [0.05, 0.1) is 25.9 Å². The molecule has 0 aliphatic carbocycles. The van der Waals surface area contributed by atoms with E-state index in [0.29, 0.717) is 6.61 Å². The van der Waals surface area contributed by atoms with Crippen LogP contribution in [-0.2, 0) is 16.1 Å². The lowest BCUT2D eigenvalue weighted by Crippen LogP contribution is -2.37. The molecule has 4 heteroatoms. The maximum Gasteiger partial charge on any atom is 0.138 e. The van der Waals surface area contributed by atoms with Gasteiger partial charge in [-0.1, -0.05) is 46.8 Å². The number of ether oxygens (including phenoxy) is 2. The van der Waals surface area contributed by atoms with Crippen LogP contribution in [0.15, 0.2) is 24.3 Å². The lowest BCUT2D eigenvalue weighted by Gasteiger charge is -2.31. The van der Waals surface area contributed by atoms with Crippen molar-refractivity contribution in [1.82, 2.24) is 0 Å². The summed E-state index contributed by atoms with van der Waals surface area (Å²) in [5.74, 6) is 1.000. The van der Waals surface area contributed by atoms with Crippen LogP contribution >= 0.6 is 0 Å². The van der Waals surface area contributed by atoms with Crippen molar-refractivity contribution in [1.29, 1.82) is 0 Å². The Bertz CT molecular complexity index is 493. The van der Waals surface area contributed by atoms with Crippen LogP contribution in [0.25, 0.3) is 0 Å². The van der Waals surface area contributed by atoms with Crippen molar-refractivity contribution in [3.8, 4) is 5.75 Å². The molecule has 0 amide bonds. The Hall–Kier alpha value is -1.39. The van der Waals surface area contributed by atoms with Gasteiger partial charge in [-0.05, 0) is 23.6 Å². The van der Waals surface area contributed by atoms with Crippen LogP contribution in [0.4, 0.5) is 0 Å². The Morgan fingerprint density at radius 3 is 2.12 bits per heavy atom. The average Bonchev–Trinajstić information content (AvgIpc) is 2.54. The summed E-state index contributed by atoms with van der Waals surface area (Å²) >= 11 is 0. The highest BCUT2D eigenvalue weighted by molar-refractivity contribution is 5.80. The Balaban J connectivity index is 2.66. The van der Waals surface area contributed by atoms with E-state index < -0.39 is 6.10 Å². The van der Waals surface area contributed by atoms with Crippen LogP contribution in [-0.4, -0.2) is 30.2 Å². The van der Waals surface area contributed by atoms with Gasteiger partial charge in [0.1, 0.15) is 11.5 Å². The number of carbonyl (C=O) groups is 1. The maximum atomic E-state index is 11.9. The molecule has 4 nitrogen and oxygen atoms in total. The minimum Gasteiger partial charge on any atom is -0.497 e. The summed E-state index contributed by atoms with van der Waals surface area (Å²) in [5, 5.41) is 10.4. The number of carbonyl (C=O) groups excluding carboxylic acids is 1. The Labute approximate surface area is 146 Å². The van der Waals surface area contributed by atoms with Crippen molar-refractivity contribution in [2.45, 2.75) is 59.9 Å². The largest absolute Gasteiger partial charge is 0.497 e. The molecule has 3 atom stereocenters. The summed E-state index contributed by atoms with van der Waals surface area (Å²) in [6.45, 7) is 10.3. The zero-order valence-electron chi connectivity index (χ0n) is 15.8. The van der Waals surface area contributed by atoms with Gasteiger partial charge in [0.15, 0.2) is 0 Å². The number of Topliss-reactive ketones (excluding diaryl/α,β-unsaturated/α-hetero) is 1. The monoisotopic (exact) mass is 336 g/mol. The van der Waals surface area contributed by atoms with E-state index in [4.69, 9.17) is 9.47 Å². The quantitative estimate of drug-likeness (QED) is 0.705. The molecule has 24 heavy (non-hydrogen) atoms. The van der Waals surface area contributed by atoms with E-state index in [1.54, 1.807) is 7.11 Å². The minimum absolute atomic E-state index is 0.0513. The third-order valence-corrected chi connectivity index (χ3v) is 4.44. The van der Waals surface area contributed by atoms with Crippen LogP contribution in [0.5, 0.6) is 5.75 Å². The number of hydrogen-bond donors (Lipinski definition) is 1. The molecule has 0 fully saturated rings. The molecule has 0 aliphatic rings. The molecular formula is C20H32O4. The third kappa shape index (κ3) is 6.25. The normalized spacial score (nSPS) is 15.4. The lowest BCUT2D eigenvalue weighted by atomic mass is 9.86. The molecule has 1 aromatic carbocycles. The minimum atomic E-state index is -0.678. The molecular weight excluding hydrogens is 304 g/mol. The first kappa shape index (κ1) is 20.7. The summed E-state index contributed by atoms with van der Waals surface area (Å²) < 4.78 is 11.2. The van der Waals surface area contributed by atoms with Crippen molar-refractivity contribution in [3.05, 3.63) is 29.8 Å². The van der Waals surface area contributed by atoms with Crippen LogP contribution in [0, 0.1) is 17.8 Å². The summed E-state index contributed by atoms with van der Waals surface area (Å²) in [5.41, 5.74) is 1.06. The van der Waals surface area contributed by atoms with Crippen molar-refractivity contribution in [2.75, 3.05) is 7.11 Å². The van der Waals surface area contributed by atoms with Crippen LogP contribution in [0.3, 0.4) is 0 Å². The van der Waals surface area contributed by atoms with Crippen LogP contribution < -0.4 is 4.74 Å². The van der Waals surface area contributed by atoms with Crippen molar-refractivity contribution in [3.63, 3.8) is 0 Å². The molecule has 1 N–H and O–H groups in total. The van der Waals surface area contributed by atoms with E-state index in [-0.39, 0.29) is 36.1 Å². The SMILES string of the molecule is COc1ccc(CO[C@H](C(C)C)[C@H](C)[C@H](O)CC(=O)C(C)C)cc1. The molecule has 0 heterocycles. The van der Waals surface area contributed by atoms with E-state index in [9.17, 15) is 9.90 Å². The number of methoxy groups -OCH3 is 1. The molecule has 1 rings (SSSR count). The summed E-state index contributed by atoms with van der Waals surface area (Å²) in [7, 11) is 1.64. The smallest absolute Gasteiger partial charge is 0.138 e. The molecule has 0 saturated carbocycles. The maximum absolute atomic E-state index is 11.9. The number of aliphatic hydroxyl groups excluding tert-OH is 1. The Morgan fingerprint density at radius 1 is 1.08 bits per heavy atom. The fourth-order valence-electron chi connectivity index (χ4n) is 2.71. The van der Waals surface area contributed by atoms with Gasteiger partial charge >= 0.3 is 0 Å². The number of benzene rings is 1. The first-order valence-electron chi connectivity index (χ1n) is 8.71. The van der Waals surface area contributed by atoms with Gasteiger partial charge in [-0.15, -0.1) is 0 Å². The van der Waals surface area contributed by atoms with Crippen molar-refractivity contribution < 1.29 is 19.4 Å². The predicted octanol–water partition coefficient (Wildman–Crippen LogP) is 3.85. The highest BCUT2D eigenvalue weighted by Crippen LogP contribution is 2.24. The molecule has 0 saturated heterocycles. The first-order valence-corrected chi connectivity index (χ1v) is 8.71. The fraction of sp³-hybridized carbons (Fsp3) is 0.650. The van der Waals surface area contributed by atoms with Crippen LogP contribution in [0.1, 0.15) is 46.6 Å². The van der Waals surface area contributed by atoms with Gasteiger partial charge in [0.2, 0.25) is 0 Å².